The number of likely N-dealkylation sites (N-methyl/N-ethyl adjacent to an activating group) is 1. The number of fused-ring (bicyclic) bond motifs is 2. The number of carbonyl (C=O) groups is 2. The molecule has 0 bridgehead atoms. The SMILES string of the molecule is CNC(C)C(=O)NC1CCc2ccccc2N(Cc2ccc(CN3CCCCC3)c3ccccc23)C1=O. The van der Waals surface area contributed by atoms with Gasteiger partial charge in [0.15, 0.2) is 0 Å². The summed E-state index contributed by atoms with van der Waals surface area (Å²) < 4.78 is 0. The molecule has 6 nitrogen and oxygen atoms in total. The van der Waals surface area contributed by atoms with E-state index in [1.165, 1.54) is 35.6 Å². The Morgan fingerprint density at radius 3 is 2.27 bits per heavy atom. The van der Waals surface area contributed by atoms with Gasteiger partial charge in [0, 0.05) is 12.2 Å². The fourth-order valence-corrected chi connectivity index (χ4v) is 5.67. The van der Waals surface area contributed by atoms with E-state index in [1.54, 1.807) is 14.0 Å². The molecule has 0 spiro atoms. The number of carbonyl (C=O) groups excluding carboxylic acids is 2. The summed E-state index contributed by atoms with van der Waals surface area (Å²) in [6, 6.07) is 20.2. The van der Waals surface area contributed by atoms with Gasteiger partial charge in [0.1, 0.15) is 6.04 Å². The average Bonchev–Trinajstić information content (AvgIpc) is 3.06. The normalized spacial score (nSPS) is 19.4. The Kier molecular flexibility index (Phi) is 7.87. The fraction of sp³-hybridized carbons (Fsp3) is 0.419. The highest BCUT2D eigenvalue weighted by atomic mass is 16.2. The maximum Gasteiger partial charge on any atom is 0.249 e. The Bertz CT molecular complexity index is 1270. The first kappa shape index (κ1) is 25.4. The summed E-state index contributed by atoms with van der Waals surface area (Å²) in [5, 5.41) is 8.42. The van der Waals surface area contributed by atoms with Crippen LogP contribution in [-0.2, 0) is 29.1 Å². The molecule has 0 aliphatic carbocycles. The zero-order valence-electron chi connectivity index (χ0n) is 22.0. The molecule has 2 unspecified atom stereocenters. The zero-order valence-corrected chi connectivity index (χ0v) is 22.0. The van der Waals surface area contributed by atoms with Crippen LogP contribution in [-0.4, -0.2) is 48.9 Å². The Morgan fingerprint density at radius 2 is 1.57 bits per heavy atom. The van der Waals surface area contributed by atoms with E-state index in [0.717, 1.165) is 42.9 Å². The number of para-hydroxylation sites is 1. The molecule has 37 heavy (non-hydrogen) atoms. The lowest BCUT2D eigenvalue weighted by Gasteiger charge is -2.29. The van der Waals surface area contributed by atoms with Gasteiger partial charge < -0.3 is 15.5 Å². The van der Waals surface area contributed by atoms with Gasteiger partial charge in [-0.05, 0) is 86.3 Å². The molecule has 0 aromatic heterocycles. The van der Waals surface area contributed by atoms with Crippen LogP contribution in [0.4, 0.5) is 5.69 Å². The topological polar surface area (TPSA) is 64.7 Å². The molecule has 194 valence electrons. The molecule has 5 rings (SSSR count). The predicted molar refractivity (Wildman–Crippen MR) is 149 cm³/mol. The molecule has 0 saturated carbocycles. The van der Waals surface area contributed by atoms with Crippen LogP contribution in [0.25, 0.3) is 10.8 Å². The number of hydrogen-bond acceptors (Lipinski definition) is 4. The Morgan fingerprint density at radius 1 is 0.919 bits per heavy atom. The van der Waals surface area contributed by atoms with Crippen LogP contribution >= 0.6 is 0 Å². The second-order valence-corrected chi connectivity index (χ2v) is 10.4. The number of nitrogens with one attached hydrogen (secondary N) is 2. The van der Waals surface area contributed by atoms with Gasteiger partial charge in [-0.2, -0.15) is 0 Å². The quantitative estimate of drug-likeness (QED) is 0.507. The predicted octanol–water partition coefficient (Wildman–Crippen LogP) is 4.40. The lowest BCUT2D eigenvalue weighted by Crippen LogP contribution is -2.52. The van der Waals surface area contributed by atoms with E-state index in [9.17, 15) is 9.59 Å². The standard InChI is InChI=1S/C31H38N4O2/c1-22(32-2)30(36)33-28-17-16-23-10-4-7-13-29(23)35(31(28)37)21-25-15-14-24(20-34-18-8-3-9-19-34)26-11-5-6-12-27(25)26/h4-7,10-15,22,28,32H,3,8-9,16-21H2,1-2H3,(H,33,36). The Labute approximate surface area is 220 Å². The molecule has 3 aromatic rings. The summed E-state index contributed by atoms with van der Waals surface area (Å²) >= 11 is 0. The molecule has 2 atom stereocenters. The number of benzene rings is 3. The van der Waals surface area contributed by atoms with Crippen molar-refractivity contribution in [3.63, 3.8) is 0 Å². The van der Waals surface area contributed by atoms with Gasteiger partial charge in [0.25, 0.3) is 0 Å². The van der Waals surface area contributed by atoms with Crippen molar-refractivity contribution in [2.75, 3.05) is 25.0 Å². The third kappa shape index (κ3) is 5.55. The van der Waals surface area contributed by atoms with E-state index < -0.39 is 6.04 Å². The Balaban J connectivity index is 1.47. The van der Waals surface area contributed by atoms with E-state index in [0.29, 0.717) is 13.0 Å². The third-order valence-electron chi connectivity index (χ3n) is 7.97. The molecule has 6 heteroatoms. The molecule has 3 aromatic carbocycles. The largest absolute Gasteiger partial charge is 0.343 e. The molecule has 2 aliphatic heterocycles. The smallest absolute Gasteiger partial charge is 0.249 e. The molecule has 0 radical (unpaired) electrons. The van der Waals surface area contributed by atoms with Crippen molar-refractivity contribution in [1.82, 2.24) is 15.5 Å². The monoisotopic (exact) mass is 498 g/mol. The molecule has 1 fully saturated rings. The number of likely N-dealkylation sites (tertiary alicyclic amines) is 1. The van der Waals surface area contributed by atoms with Crippen molar-refractivity contribution in [2.45, 2.75) is 64.2 Å². The zero-order chi connectivity index (χ0) is 25.8. The van der Waals surface area contributed by atoms with Crippen LogP contribution in [0, 0.1) is 0 Å². The van der Waals surface area contributed by atoms with Gasteiger partial charge in [-0.1, -0.05) is 61.0 Å². The number of aryl methyl sites for hydroxylation is 1. The number of rotatable bonds is 7. The molecule has 2 amide bonds. The maximum atomic E-state index is 13.9. The van der Waals surface area contributed by atoms with Crippen LogP contribution in [0.2, 0.25) is 0 Å². The highest BCUT2D eigenvalue weighted by Crippen LogP contribution is 2.31. The molecule has 2 aliphatic rings. The summed E-state index contributed by atoms with van der Waals surface area (Å²) in [6.45, 7) is 5.56. The highest BCUT2D eigenvalue weighted by molar-refractivity contribution is 6.01. The van der Waals surface area contributed by atoms with Gasteiger partial charge in [0.05, 0.1) is 12.6 Å². The van der Waals surface area contributed by atoms with Gasteiger partial charge in [0.2, 0.25) is 11.8 Å². The van der Waals surface area contributed by atoms with E-state index in [2.05, 4.69) is 58.0 Å². The van der Waals surface area contributed by atoms with E-state index in [4.69, 9.17) is 0 Å². The molecule has 1 saturated heterocycles. The fourth-order valence-electron chi connectivity index (χ4n) is 5.67. The van der Waals surface area contributed by atoms with Crippen LogP contribution in [0.1, 0.15) is 49.3 Å². The van der Waals surface area contributed by atoms with Gasteiger partial charge >= 0.3 is 0 Å². The first-order valence-electron chi connectivity index (χ1n) is 13.6. The van der Waals surface area contributed by atoms with Crippen LogP contribution in [0.15, 0.2) is 60.7 Å². The summed E-state index contributed by atoms with van der Waals surface area (Å²) in [6.07, 6.45) is 5.21. The number of piperidine rings is 1. The van der Waals surface area contributed by atoms with Crippen LogP contribution < -0.4 is 15.5 Å². The minimum absolute atomic E-state index is 0.0527. The maximum absolute atomic E-state index is 13.9. The van der Waals surface area contributed by atoms with Gasteiger partial charge in [-0.15, -0.1) is 0 Å². The van der Waals surface area contributed by atoms with Crippen molar-refractivity contribution in [2.24, 2.45) is 0 Å². The van der Waals surface area contributed by atoms with Crippen molar-refractivity contribution in [3.8, 4) is 0 Å². The summed E-state index contributed by atoms with van der Waals surface area (Å²) in [4.78, 5) is 31.0. The van der Waals surface area contributed by atoms with E-state index >= 15 is 0 Å². The van der Waals surface area contributed by atoms with E-state index in [-0.39, 0.29) is 17.9 Å². The van der Waals surface area contributed by atoms with E-state index in [1.807, 2.05) is 23.1 Å². The van der Waals surface area contributed by atoms with Gasteiger partial charge in [-0.25, -0.2) is 0 Å². The minimum Gasteiger partial charge on any atom is -0.343 e. The average molecular weight is 499 g/mol. The van der Waals surface area contributed by atoms with Crippen molar-refractivity contribution < 1.29 is 9.59 Å². The lowest BCUT2D eigenvalue weighted by atomic mass is 9.98. The lowest BCUT2D eigenvalue weighted by molar-refractivity contribution is -0.128. The van der Waals surface area contributed by atoms with Crippen molar-refractivity contribution in [3.05, 3.63) is 77.4 Å². The van der Waals surface area contributed by atoms with Crippen molar-refractivity contribution >= 4 is 28.3 Å². The number of amides is 2. The first-order chi connectivity index (χ1) is 18.0. The first-order valence-corrected chi connectivity index (χ1v) is 13.6. The van der Waals surface area contributed by atoms with Crippen LogP contribution in [0.5, 0.6) is 0 Å². The molecule has 2 heterocycles. The second-order valence-electron chi connectivity index (χ2n) is 10.4. The highest BCUT2D eigenvalue weighted by Gasteiger charge is 2.32. The number of nitrogens with zero attached hydrogens (tertiary/aromatic N) is 2. The molecule has 2 N–H and O–H groups in total. The van der Waals surface area contributed by atoms with Crippen LogP contribution in [0.3, 0.4) is 0 Å². The van der Waals surface area contributed by atoms with Crippen molar-refractivity contribution in [1.29, 1.82) is 0 Å². The molecular weight excluding hydrogens is 460 g/mol. The summed E-state index contributed by atoms with van der Waals surface area (Å²) in [7, 11) is 1.75. The summed E-state index contributed by atoms with van der Waals surface area (Å²) in [5.74, 6) is -0.206. The minimum atomic E-state index is -0.555. The Hall–Kier alpha value is -3.22. The summed E-state index contributed by atoms with van der Waals surface area (Å²) in [5.41, 5.74) is 4.54. The number of anilines is 1. The van der Waals surface area contributed by atoms with Gasteiger partial charge in [-0.3, -0.25) is 14.5 Å². The number of hydrogen-bond donors (Lipinski definition) is 2. The molecular formula is C31H38N4O2. The second kappa shape index (κ2) is 11.4. The third-order valence-corrected chi connectivity index (χ3v) is 7.97.